The van der Waals surface area contributed by atoms with E-state index >= 15 is 0 Å². The molecule has 0 fully saturated rings. The minimum atomic E-state index is -3.66. The molecule has 0 radical (unpaired) electrons. The minimum Gasteiger partial charge on any atom is -0.465 e. The van der Waals surface area contributed by atoms with Crippen molar-refractivity contribution in [2.45, 2.75) is 6.92 Å². The van der Waals surface area contributed by atoms with Crippen molar-refractivity contribution >= 4 is 22.0 Å². The lowest BCUT2D eigenvalue weighted by Crippen LogP contribution is -2.07. The van der Waals surface area contributed by atoms with Gasteiger partial charge in [-0.1, -0.05) is 0 Å². The average Bonchev–Trinajstić information content (AvgIpc) is 3.03. The summed E-state index contributed by atoms with van der Waals surface area (Å²) in [6, 6.07) is 6.31. The van der Waals surface area contributed by atoms with Crippen LogP contribution < -0.4 is 8.92 Å². The molecule has 0 atom stereocenters. The highest BCUT2D eigenvalue weighted by atomic mass is 32.2. The predicted molar refractivity (Wildman–Crippen MR) is 78.3 cm³/mol. The van der Waals surface area contributed by atoms with Crippen molar-refractivity contribution < 1.29 is 26.5 Å². The van der Waals surface area contributed by atoms with Gasteiger partial charge in [0.05, 0.1) is 18.1 Å². The van der Waals surface area contributed by atoms with E-state index < -0.39 is 10.1 Å². The first-order valence-electron chi connectivity index (χ1n) is 6.36. The van der Waals surface area contributed by atoms with Crippen molar-refractivity contribution in [1.29, 1.82) is 0 Å². The van der Waals surface area contributed by atoms with E-state index in [1.54, 1.807) is 19.1 Å². The molecule has 3 rings (SSSR count). The molecule has 2 heterocycles. The second kappa shape index (κ2) is 5.03. The molecule has 0 saturated carbocycles. The highest BCUT2D eigenvalue weighted by Gasteiger charge is 2.30. The molecule has 0 bridgehead atoms. The molecule has 0 saturated heterocycles. The Hall–Kier alpha value is -2.54. The Balaban J connectivity index is 2.01. The summed E-state index contributed by atoms with van der Waals surface area (Å²) in [5.41, 5.74) is 0.801. The van der Waals surface area contributed by atoms with Gasteiger partial charge in [0.1, 0.15) is 17.3 Å². The number of ketones is 1. The highest BCUT2D eigenvalue weighted by molar-refractivity contribution is 7.86. The van der Waals surface area contributed by atoms with Gasteiger partial charge in [-0.05, 0) is 31.2 Å². The Kier molecular flexibility index (Phi) is 3.29. The molecule has 2 aromatic rings. The quantitative estimate of drug-likeness (QED) is 0.638. The first-order valence-corrected chi connectivity index (χ1v) is 8.17. The van der Waals surface area contributed by atoms with E-state index in [9.17, 15) is 13.2 Å². The summed E-state index contributed by atoms with van der Waals surface area (Å²) in [6.45, 7) is 1.63. The van der Waals surface area contributed by atoms with Crippen molar-refractivity contribution in [3.63, 3.8) is 0 Å². The Bertz CT molecular complexity index is 875. The van der Waals surface area contributed by atoms with Crippen molar-refractivity contribution in [2.75, 3.05) is 6.26 Å². The minimum absolute atomic E-state index is 0.115. The number of hydrogen-bond donors (Lipinski definition) is 0. The molecule has 1 aromatic carbocycles. The number of carbonyl (C=O) groups excluding carboxylic acids is 1. The lowest BCUT2D eigenvalue weighted by molar-refractivity contribution is 0.101. The fourth-order valence-corrected chi connectivity index (χ4v) is 2.63. The Morgan fingerprint density at radius 2 is 2.00 bits per heavy atom. The van der Waals surface area contributed by atoms with Gasteiger partial charge in [0.2, 0.25) is 5.78 Å². The number of Topliss-reactive ketones (excluding diaryl/α,β-unsaturated/α-hetero) is 1. The van der Waals surface area contributed by atoms with Crippen LogP contribution in [0.3, 0.4) is 0 Å². The maximum Gasteiger partial charge on any atom is 0.306 e. The Morgan fingerprint density at radius 3 is 2.64 bits per heavy atom. The van der Waals surface area contributed by atoms with E-state index in [1.165, 1.54) is 24.5 Å². The average molecular weight is 320 g/mol. The van der Waals surface area contributed by atoms with E-state index in [0.717, 1.165) is 6.26 Å². The van der Waals surface area contributed by atoms with Gasteiger partial charge in [-0.3, -0.25) is 4.79 Å². The van der Waals surface area contributed by atoms with Crippen molar-refractivity contribution in [2.24, 2.45) is 0 Å². The van der Waals surface area contributed by atoms with E-state index in [2.05, 4.69) is 0 Å². The summed E-state index contributed by atoms with van der Waals surface area (Å²) < 4.78 is 38.1. The summed E-state index contributed by atoms with van der Waals surface area (Å²) >= 11 is 0. The molecule has 114 valence electrons. The maximum atomic E-state index is 12.3. The zero-order valence-corrected chi connectivity index (χ0v) is 12.6. The summed E-state index contributed by atoms with van der Waals surface area (Å²) in [7, 11) is -3.66. The number of rotatable bonds is 3. The molecule has 22 heavy (non-hydrogen) atoms. The number of benzene rings is 1. The molecule has 1 aromatic heterocycles. The lowest BCUT2D eigenvalue weighted by Gasteiger charge is -2.09. The van der Waals surface area contributed by atoms with Crippen molar-refractivity contribution in [3.05, 3.63) is 53.2 Å². The van der Waals surface area contributed by atoms with Gasteiger partial charge >= 0.3 is 10.1 Å². The maximum absolute atomic E-state index is 12.3. The summed E-state index contributed by atoms with van der Waals surface area (Å²) in [4.78, 5) is 12.3. The summed E-state index contributed by atoms with van der Waals surface area (Å²) in [6.07, 6.45) is 3.93. The van der Waals surface area contributed by atoms with Crippen LogP contribution in [-0.2, 0) is 10.1 Å². The lowest BCUT2D eigenvalue weighted by atomic mass is 10.1. The molecule has 0 N–H and O–H groups in total. The fraction of sp³-hybridized carbons (Fsp3) is 0.133. The van der Waals surface area contributed by atoms with E-state index in [4.69, 9.17) is 13.3 Å². The van der Waals surface area contributed by atoms with Crippen LogP contribution in [0.4, 0.5) is 0 Å². The zero-order chi connectivity index (χ0) is 15.9. The van der Waals surface area contributed by atoms with Gasteiger partial charge in [-0.2, -0.15) is 8.42 Å². The molecule has 0 unspecified atom stereocenters. The SMILES string of the molecule is Cc1c(OS(C)(=O)=O)ccc2c1OC(=Cc1ccco1)C2=O. The number of ether oxygens (including phenoxy) is 1. The number of fused-ring (bicyclic) bond motifs is 1. The monoisotopic (exact) mass is 320 g/mol. The second-order valence-corrected chi connectivity index (χ2v) is 6.38. The fourth-order valence-electron chi connectivity index (χ4n) is 2.12. The van der Waals surface area contributed by atoms with Crippen LogP contribution in [0.25, 0.3) is 6.08 Å². The van der Waals surface area contributed by atoms with Gasteiger partial charge in [-0.15, -0.1) is 0 Å². The smallest absolute Gasteiger partial charge is 0.306 e. The van der Waals surface area contributed by atoms with Crippen LogP contribution in [0.5, 0.6) is 11.5 Å². The third kappa shape index (κ3) is 2.62. The van der Waals surface area contributed by atoms with Gasteiger partial charge in [-0.25, -0.2) is 0 Å². The predicted octanol–water partition coefficient (Wildman–Crippen LogP) is 2.54. The zero-order valence-electron chi connectivity index (χ0n) is 11.8. The van der Waals surface area contributed by atoms with Gasteiger partial charge in [0.15, 0.2) is 5.76 Å². The molecular formula is C15H12O6S. The Morgan fingerprint density at radius 1 is 1.23 bits per heavy atom. The highest BCUT2D eigenvalue weighted by Crippen LogP contribution is 2.39. The van der Waals surface area contributed by atoms with Crippen LogP contribution >= 0.6 is 0 Å². The molecule has 0 amide bonds. The molecule has 7 heteroatoms. The van der Waals surface area contributed by atoms with Crippen LogP contribution in [-0.4, -0.2) is 20.5 Å². The topological polar surface area (TPSA) is 82.8 Å². The summed E-state index contributed by atoms with van der Waals surface area (Å²) in [5.74, 6) is 0.739. The number of carbonyl (C=O) groups is 1. The Labute approximate surface area is 127 Å². The molecule has 6 nitrogen and oxygen atoms in total. The summed E-state index contributed by atoms with van der Waals surface area (Å²) in [5, 5.41) is 0. The first-order chi connectivity index (χ1) is 10.3. The number of hydrogen-bond acceptors (Lipinski definition) is 6. The van der Waals surface area contributed by atoms with Crippen molar-refractivity contribution in [1.82, 2.24) is 0 Å². The first kappa shape index (κ1) is 14.4. The van der Waals surface area contributed by atoms with Crippen LogP contribution in [0.1, 0.15) is 21.7 Å². The molecular weight excluding hydrogens is 308 g/mol. The van der Waals surface area contributed by atoms with Gasteiger partial charge < -0.3 is 13.3 Å². The van der Waals surface area contributed by atoms with Crippen LogP contribution in [0.2, 0.25) is 0 Å². The molecule has 1 aliphatic rings. The van der Waals surface area contributed by atoms with Crippen molar-refractivity contribution in [3.8, 4) is 11.5 Å². The largest absolute Gasteiger partial charge is 0.465 e. The van der Waals surface area contributed by atoms with Gasteiger partial charge in [0.25, 0.3) is 0 Å². The molecule has 0 spiro atoms. The van der Waals surface area contributed by atoms with E-state index in [-0.39, 0.29) is 17.3 Å². The normalized spacial score (nSPS) is 15.7. The third-order valence-electron chi connectivity index (χ3n) is 3.09. The third-order valence-corrected chi connectivity index (χ3v) is 3.58. The van der Waals surface area contributed by atoms with E-state index in [1.807, 2.05) is 0 Å². The van der Waals surface area contributed by atoms with Gasteiger partial charge in [0, 0.05) is 11.6 Å². The number of furan rings is 1. The number of allylic oxidation sites excluding steroid dienone is 1. The van der Waals surface area contributed by atoms with Crippen LogP contribution in [0, 0.1) is 6.92 Å². The molecule has 0 aliphatic carbocycles. The van der Waals surface area contributed by atoms with Crippen LogP contribution in [0.15, 0.2) is 40.7 Å². The van der Waals surface area contributed by atoms with E-state index in [0.29, 0.717) is 22.6 Å². The second-order valence-electron chi connectivity index (χ2n) is 4.81. The molecule has 1 aliphatic heterocycles. The standard InChI is InChI=1S/C15H12O6S/c1-9-12(21-22(2,17)18)6-5-11-14(16)13(20-15(9)11)8-10-4-3-7-19-10/h3-8H,1-2H3.